The summed E-state index contributed by atoms with van der Waals surface area (Å²) in [6.07, 6.45) is 4.78. The van der Waals surface area contributed by atoms with Crippen molar-refractivity contribution in [2.75, 3.05) is 0 Å². The Balaban J connectivity index is 3.16. The summed E-state index contributed by atoms with van der Waals surface area (Å²) >= 11 is 0. The molecule has 0 fully saturated rings. The largest absolute Gasteiger partial charge is 0.405 e. The van der Waals surface area contributed by atoms with Crippen molar-refractivity contribution >= 4 is 0 Å². The van der Waals surface area contributed by atoms with Gasteiger partial charge in [-0.05, 0) is 12.1 Å². The van der Waals surface area contributed by atoms with Crippen LogP contribution in [0.3, 0.4) is 0 Å². The lowest BCUT2D eigenvalue weighted by molar-refractivity contribution is 0.697. The molecule has 0 aromatic heterocycles. The number of allylic oxidation sites excluding steroid dienone is 1. The van der Waals surface area contributed by atoms with Gasteiger partial charge >= 0.3 is 0 Å². The van der Waals surface area contributed by atoms with Crippen LogP contribution in [-0.4, -0.2) is 0 Å². The van der Waals surface area contributed by atoms with Gasteiger partial charge in [0.2, 0.25) is 0 Å². The van der Waals surface area contributed by atoms with E-state index in [0.29, 0.717) is 5.92 Å². The van der Waals surface area contributed by atoms with Crippen LogP contribution in [0.15, 0.2) is 12.3 Å². The first-order chi connectivity index (χ1) is 3.31. The molecule has 0 radical (unpaired) electrons. The predicted molar refractivity (Wildman–Crippen MR) is 32.8 cm³/mol. The van der Waals surface area contributed by atoms with Gasteiger partial charge in [0.25, 0.3) is 0 Å². The Morgan fingerprint density at radius 3 is 2.43 bits per heavy atom. The minimum Gasteiger partial charge on any atom is -0.405 e. The Labute approximate surface area is 45.2 Å². The maximum absolute atomic E-state index is 5.12. The maximum Gasteiger partial charge on any atom is -0.0100 e. The number of hydrogen-bond donors (Lipinski definition) is 1. The van der Waals surface area contributed by atoms with Crippen LogP contribution >= 0.6 is 0 Å². The molecule has 0 spiro atoms. The number of rotatable bonds is 2. The van der Waals surface area contributed by atoms with E-state index < -0.39 is 0 Å². The second-order valence-corrected chi connectivity index (χ2v) is 1.77. The standard InChI is InChI=1S/C6H13N/c1-3-6(2)4-5-7/h4-6H,3,7H2,1-2H3/b5-4-. The second-order valence-electron chi connectivity index (χ2n) is 1.77. The van der Waals surface area contributed by atoms with E-state index in [-0.39, 0.29) is 0 Å². The van der Waals surface area contributed by atoms with E-state index in [1.54, 1.807) is 6.20 Å². The van der Waals surface area contributed by atoms with Crippen LogP contribution in [0.2, 0.25) is 0 Å². The van der Waals surface area contributed by atoms with Crippen LogP contribution in [0.25, 0.3) is 0 Å². The van der Waals surface area contributed by atoms with Crippen molar-refractivity contribution in [2.24, 2.45) is 11.7 Å². The Morgan fingerprint density at radius 2 is 2.29 bits per heavy atom. The van der Waals surface area contributed by atoms with E-state index in [0.717, 1.165) is 0 Å². The van der Waals surface area contributed by atoms with Crippen molar-refractivity contribution < 1.29 is 0 Å². The molecule has 0 aliphatic rings. The van der Waals surface area contributed by atoms with Gasteiger partial charge in [-0.25, -0.2) is 0 Å². The summed E-state index contributed by atoms with van der Waals surface area (Å²) in [5, 5.41) is 0. The van der Waals surface area contributed by atoms with Gasteiger partial charge in [-0.2, -0.15) is 0 Å². The lowest BCUT2D eigenvalue weighted by Crippen LogP contribution is -1.86. The highest BCUT2D eigenvalue weighted by Crippen LogP contribution is 1.99. The highest BCUT2D eigenvalue weighted by atomic mass is 14.5. The van der Waals surface area contributed by atoms with Crippen molar-refractivity contribution in [3.05, 3.63) is 12.3 Å². The summed E-state index contributed by atoms with van der Waals surface area (Å²) < 4.78 is 0. The Morgan fingerprint density at radius 1 is 1.71 bits per heavy atom. The number of nitrogens with two attached hydrogens (primary N) is 1. The van der Waals surface area contributed by atoms with E-state index in [2.05, 4.69) is 13.8 Å². The van der Waals surface area contributed by atoms with Gasteiger partial charge in [0.1, 0.15) is 0 Å². The molecule has 7 heavy (non-hydrogen) atoms. The van der Waals surface area contributed by atoms with Gasteiger partial charge in [-0.15, -0.1) is 0 Å². The third-order valence-corrected chi connectivity index (χ3v) is 1.08. The fourth-order valence-corrected chi connectivity index (χ4v) is 0.326. The van der Waals surface area contributed by atoms with Gasteiger partial charge in [0.15, 0.2) is 0 Å². The van der Waals surface area contributed by atoms with Crippen molar-refractivity contribution in [3.63, 3.8) is 0 Å². The van der Waals surface area contributed by atoms with E-state index >= 15 is 0 Å². The predicted octanol–water partition coefficient (Wildman–Crippen LogP) is 1.50. The minimum atomic E-state index is 0.644. The van der Waals surface area contributed by atoms with Gasteiger partial charge < -0.3 is 5.73 Å². The average Bonchev–Trinajstić information content (AvgIpc) is 1.68. The molecule has 0 aromatic rings. The Kier molecular flexibility index (Phi) is 3.48. The molecule has 0 rings (SSSR count). The van der Waals surface area contributed by atoms with Gasteiger partial charge in [-0.3, -0.25) is 0 Å². The van der Waals surface area contributed by atoms with Crippen molar-refractivity contribution in [1.29, 1.82) is 0 Å². The fraction of sp³-hybridized carbons (Fsp3) is 0.667. The first-order valence-corrected chi connectivity index (χ1v) is 2.69. The molecule has 0 amide bonds. The van der Waals surface area contributed by atoms with E-state index in [1.165, 1.54) is 6.42 Å². The summed E-state index contributed by atoms with van der Waals surface area (Å²) in [4.78, 5) is 0. The summed E-state index contributed by atoms with van der Waals surface area (Å²) in [5.41, 5.74) is 5.12. The molecule has 1 atom stereocenters. The molecule has 0 aliphatic heterocycles. The molecule has 0 aliphatic carbocycles. The first-order valence-electron chi connectivity index (χ1n) is 2.69. The zero-order valence-electron chi connectivity index (χ0n) is 5.02. The molecule has 0 bridgehead atoms. The van der Waals surface area contributed by atoms with Gasteiger partial charge in [0.05, 0.1) is 0 Å². The van der Waals surface area contributed by atoms with Crippen LogP contribution in [0.4, 0.5) is 0 Å². The van der Waals surface area contributed by atoms with E-state index in [9.17, 15) is 0 Å². The molecule has 0 aromatic carbocycles. The monoisotopic (exact) mass is 99.1 g/mol. The molecule has 0 saturated heterocycles. The van der Waals surface area contributed by atoms with Crippen LogP contribution in [0.1, 0.15) is 20.3 Å². The van der Waals surface area contributed by atoms with E-state index in [4.69, 9.17) is 5.73 Å². The second kappa shape index (κ2) is 3.72. The normalized spacial score (nSPS) is 15.1. The minimum absolute atomic E-state index is 0.644. The maximum atomic E-state index is 5.12. The molecule has 0 saturated carbocycles. The Hall–Kier alpha value is -0.460. The van der Waals surface area contributed by atoms with Crippen molar-refractivity contribution in [1.82, 2.24) is 0 Å². The smallest absolute Gasteiger partial charge is 0.0100 e. The fourth-order valence-electron chi connectivity index (χ4n) is 0.326. The highest BCUT2D eigenvalue weighted by molar-refractivity contribution is 4.80. The van der Waals surface area contributed by atoms with Crippen molar-refractivity contribution in [3.8, 4) is 0 Å². The van der Waals surface area contributed by atoms with Gasteiger partial charge in [-0.1, -0.05) is 26.3 Å². The molecule has 1 heteroatoms. The topological polar surface area (TPSA) is 26.0 Å². The van der Waals surface area contributed by atoms with Crippen molar-refractivity contribution in [2.45, 2.75) is 20.3 Å². The van der Waals surface area contributed by atoms with E-state index in [1.807, 2.05) is 6.08 Å². The molecular weight excluding hydrogens is 86.1 g/mol. The third-order valence-electron chi connectivity index (χ3n) is 1.08. The average molecular weight is 99.2 g/mol. The van der Waals surface area contributed by atoms with Crippen LogP contribution in [0.5, 0.6) is 0 Å². The molecule has 1 nitrogen and oxygen atoms in total. The zero-order chi connectivity index (χ0) is 5.70. The lowest BCUT2D eigenvalue weighted by Gasteiger charge is -1.95. The van der Waals surface area contributed by atoms with Crippen LogP contribution in [-0.2, 0) is 0 Å². The molecule has 42 valence electrons. The summed E-state index contributed by atoms with van der Waals surface area (Å²) in [7, 11) is 0. The SMILES string of the molecule is CCC(C)/C=C\N. The summed E-state index contributed by atoms with van der Waals surface area (Å²) in [6.45, 7) is 4.29. The zero-order valence-corrected chi connectivity index (χ0v) is 5.02. The molecule has 0 heterocycles. The molecular formula is C6H13N. The summed E-state index contributed by atoms with van der Waals surface area (Å²) in [5.74, 6) is 0.644. The van der Waals surface area contributed by atoms with Crippen LogP contribution < -0.4 is 5.73 Å². The Bertz CT molecular complexity index is 57.2. The van der Waals surface area contributed by atoms with Gasteiger partial charge in [0, 0.05) is 0 Å². The lowest BCUT2D eigenvalue weighted by atomic mass is 10.1. The molecule has 1 unspecified atom stereocenters. The number of hydrogen-bond acceptors (Lipinski definition) is 1. The summed E-state index contributed by atoms with van der Waals surface area (Å²) in [6, 6.07) is 0. The quantitative estimate of drug-likeness (QED) is 0.558. The highest BCUT2D eigenvalue weighted by Gasteiger charge is 1.86. The third kappa shape index (κ3) is 3.37. The molecule has 2 N–H and O–H groups in total. The van der Waals surface area contributed by atoms with Crippen LogP contribution in [0, 0.1) is 5.92 Å². The first kappa shape index (κ1) is 6.54.